The zero-order valence-corrected chi connectivity index (χ0v) is 16.5. The summed E-state index contributed by atoms with van der Waals surface area (Å²) in [5, 5.41) is 0. The number of nitrogens with zero attached hydrogens (tertiary/aromatic N) is 3. The Morgan fingerprint density at radius 2 is 2.31 bits per heavy atom. The Balaban J connectivity index is 1.37. The molecule has 1 spiro atoms. The first kappa shape index (κ1) is 18.1. The van der Waals surface area contributed by atoms with Gasteiger partial charge in [-0.15, -0.1) is 0 Å². The molecule has 29 heavy (non-hydrogen) atoms. The number of rotatable bonds is 5. The molecule has 2 unspecified atom stereocenters. The predicted molar refractivity (Wildman–Crippen MR) is 105 cm³/mol. The van der Waals surface area contributed by atoms with Gasteiger partial charge in [0.2, 0.25) is 11.8 Å². The SMILES string of the molecule is Cc1cccc(CN2C[C@]34C=C[C@H](O3)C(C(=O)N(C)Cc3ncc[nH]3)C4C2=O)c1. The number of amides is 2. The van der Waals surface area contributed by atoms with Gasteiger partial charge in [0.05, 0.1) is 31.0 Å². The Hall–Kier alpha value is -2.93. The average Bonchev–Trinajstić information content (AvgIpc) is 3.45. The van der Waals surface area contributed by atoms with Gasteiger partial charge in [0.1, 0.15) is 11.4 Å². The van der Waals surface area contributed by atoms with Gasteiger partial charge in [-0.3, -0.25) is 9.59 Å². The maximum Gasteiger partial charge on any atom is 0.230 e. The lowest BCUT2D eigenvalue weighted by molar-refractivity contribution is -0.143. The molecule has 4 heterocycles. The van der Waals surface area contributed by atoms with Crippen molar-refractivity contribution in [1.29, 1.82) is 0 Å². The molecule has 1 aromatic heterocycles. The highest BCUT2D eigenvalue weighted by atomic mass is 16.5. The van der Waals surface area contributed by atoms with Crippen LogP contribution in [-0.2, 0) is 27.4 Å². The molecule has 1 aromatic carbocycles. The van der Waals surface area contributed by atoms with Crippen molar-refractivity contribution in [3.63, 3.8) is 0 Å². The fourth-order valence-corrected chi connectivity index (χ4v) is 4.97. The van der Waals surface area contributed by atoms with Crippen LogP contribution in [-0.4, -0.2) is 56.9 Å². The Bertz CT molecular complexity index is 986. The molecule has 150 valence electrons. The van der Waals surface area contributed by atoms with Crippen molar-refractivity contribution in [1.82, 2.24) is 19.8 Å². The van der Waals surface area contributed by atoms with Crippen molar-refractivity contribution < 1.29 is 14.3 Å². The molecule has 2 fully saturated rings. The minimum absolute atomic E-state index is 0.00287. The van der Waals surface area contributed by atoms with Gasteiger partial charge in [-0.1, -0.05) is 42.0 Å². The quantitative estimate of drug-likeness (QED) is 0.785. The second-order valence-corrected chi connectivity index (χ2v) is 8.31. The van der Waals surface area contributed by atoms with E-state index in [1.807, 2.05) is 42.2 Å². The normalized spacial score (nSPS) is 29.5. The highest BCUT2D eigenvalue weighted by molar-refractivity contribution is 5.93. The first-order valence-corrected chi connectivity index (χ1v) is 9.92. The first-order valence-electron chi connectivity index (χ1n) is 9.92. The molecule has 4 atom stereocenters. The average molecular weight is 392 g/mol. The Morgan fingerprint density at radius 1 is 1.45 bits per heavy atom. The lowest BCUT2D eigenvalue weighted by Crippen LogP contribution is -2.44. The fourth-order valence-electron chi connectivity index (χ4n) is 4.97. The van der Waals surface area contributed by atoms with Crippen LogP contribution in [0.15, 0.2) is 48.8 Å². The summed E-state index contributed by atoms with van der Waals surface area (Å²) in [7, 11) is 1.75. The van der Waals surface area contributed by atoms with E-state index in [0.29, 0.717) is 25.5 Å². The van der Waals surface area contributed by atoms with Crippen LogP contribution in [0, 0.1) is 18.8 Å². The van der Waals surface area contributed by atoms with Crippen molar-refractivity contribution in [3.05, 3.63) is 65.8 Å². The van der Waals surface area contributed by atoms with E-state index in [0.717, 1.165) is 11.1 Å². The number of H-pyrrole nitrogens is 1. The zero-order valence-electron chi connectivity index (χ0n) is 16.5. The minimum atomic E-state index is -0.683. The molecule has 0 saturated carbocycles. The van der Waals surface area contributed by atoms with E-state index >= 15 is 0 Å². The summed E-state index contributed by atoms with van der Waals surface area (Å²) >= 11 is 0. The second kappa shape index (κ2) is 6.56. The third-order valence-electron chi connectivity index (χ3n) is 6.24. The van der Waals surface area contributed by atoms with E-state index < -0.39 is 17.4 Å². The molecular weight excluding hydrogens is 368 g/mol. The third kappa shape index (κ3) is 2.88. The molecule has 2 bridgehead atoms. The summed E-state index contributed by atoms with van der Waals surface area (Å²) in [6.07, 6.45) is 7.00. The lowest BCUT2D eigenvalue weighted by Gasteiger charge is -2.27. The van der Waals surface area contributed by atoms with Crippen molar-refractivity contribution in [2.75, 3.05) is 13.6 Å². The zero-order chi connectivity index (χ0) is 20.2. The summed E-state index contributed by atoms with van der Waals surface area (Å²) in [6.45, 7) is 3.44. The van der Waals surface area contributed by atoms with Gasteiger partial charge in [-0.2, -0.15) is 0 Å². The molecular formula is C22H24N4O3. The Labute approximate surface area is 169 Å². The molecule has 0 radical (unpaired) electrons. The number of carbonyl (C=O) groups is 2. The number of imidazole rings is 1. The van der Waals surface area contributed by atoms with Crippen LogP contribution in [0.1, 0.15) is 17.0 Å². The summed E-state index contributed by atoms with van der Waals surface area (Å²) in [5.41, 5.74) is 1.57. The molecule has 2 saturated heterocycles. The molecule has 3 aliphatic heterocycles. The molecule has 2 aromatic rings. The number of hydrogen-bond acceptors (Lipinski definition) is 4. The van der Waals surface area contributed by atoms with Gasteiger partial charge in [0, 0.05) is 26.0 Å². The molecule has 0 aliphatic carbocycles. The van der Waals surface area contributed by atoms with Crippen LogP contribution >= 0.6 is 0 Å². The largest absolute Gasteiger partial charge is 0.360 e. The van der Waals surface area contributed by atoms with Crippen molar-refractivity contribution in [2.45, 2.75) is 31.7 Å². The van der Waals surface area contributed by atoms with Crippen molar-refractivity contribution in [2.24, 2.45) is 11.8 Å². The topological polar surface area (TPSA) is 78.5 Å². The number of carbonyl (C=O) groups excluding carboxylic acids is 2. The van der Waals surface area contributed by atoms with Gasteiger partial charge in [-0.05, 0) is 12.5 Å². The van der Waals surface area contributed by atoms with Crippen molar-refractivity contribution in [3.8, 4) is 0 Å². The predicted octanol–water partition coefficient (Wildman–Crippen LogP) is 1.66. The van der Waals surface area contributed by atoms with Crippen LogP contribution < -0.4 is 0 Å². The summed E-state index contributed by atoms with van der Waals surface area (Å²) in [6, 6.07) is 8.16. The highest BCUT2D eigenvalue weighted by Gasteiger charge is 2.67. The van der Waals surface area contributed by atoms with E-state index in [9.17, 15) is 9.59 Å². The smallest absolute Gasteiger partial charge is 0.230 e. The highest BCUT2D eigenvalue weighted by Crippen LogP contribution is 2.52. The van der Waals surface area contributed by atoms with Gasteiger partial charge < -0.3 is 19.5 Å². The summed E-state index contributed by atoms with van der Waals surface area (Å²) < 4.78 is 6.22. The number of ether oxygens (including phenoxy) is 1. The van der Waals surface area contributed by atoms with E-state index in [4.69, 9.17) is 4.74 Å². The minimum Gasteiger partial charge on any atom is -0.360 e. The maximum absolute atomic E-state index is 13.3. The van der Waals surface area contributed by atoms with Crippen LogP contribution in [0.25, 0.3) is 0 Å². The standard InChI is InChI=1S/C22H24N4O3/c1-14-4-3-5-15(10-14)11-26-13-22-7-6-16(29-22)18(19(22)21(26)28)20(27)25(2)12-17-23-8-9-24-17/h3-10,16,18-19H,11-13H2,1-2H3,(H,23,24)/t16-,18?,19?,22-/m0/s1. The molecule has 7 nitrogen and oxygen atoms in total. The number of aromatic amines is 1. The summed E-state index contributed by atoms with van der Waals surface area (Å²) in [5.74, 6) is -0.311. The van der Waals surface area contributed by atoms with Crippen LogP contribution in [0.4, 0.5) is 0 Å². The van der Waals surface area contributed by atoms with Crippen molar-refractivity contribution >= 4 is 11.8 Å². The van der Waals surface area contributed by atoms with Gasteiger partial charge >= 0.3 is 0 Å². The van der Waals surface area contributed by atoms with E-state index in [-0.39, 0.29) is 17.9 Å². The number of benzene rings is 1. The lowest BCUT2D eigenvalue weighted by atomic mass is 9.76. The van der Waals surface area contributed by atoms with Gasteiger partial charge in [0.25, 0.3) is 0 Å². The molecule has 3 aliphatic rings. The Morgan fingerprint density at radius 3 is 3.07 bits per heavy atom. The van der Waals surface area contributed by atoms with Gasteiger partial charge in [-0.25, -0.2) is 4.98 Å². The third-order valence-corrected chi connectivity index (χ3v) is 6.24. The molecule has 1 N–H and O–H groups in total. The number of nitrogens with one attached hydrogen (secondary N) is 1. The number of aromatic nitrogens is 2. The molecule has 5 rings (SSSR count). The van der Waals surface area contributed by atoms with Gasteiger partial charge in [0.15, 0.2) is 0 Å². The van der Waals surface area contributed by atoms with E-state index in [1.165, 1.54) is 0 Å². The number of aryl methyl sites for hydroxylation is 1. The van der Waals surface area contributed by atoms with E-state index in [1.54, 1.807) is 24.3 Å². The number of hydrogen-bond donors (Lipinski definition) is 1. The van der Waals surface area contributed by atoms with Crippen LogP contribution in [0.5, 0.6) is 0 Å². The monoisotopic (exact) mass is 392 g/mol. The van der Waals surface area contributed by atoms with Crippen LogP contribution in [0.2, 0.25) is 0 Å². The van der Waals surface area contributed by atoms with E-state index in [2.05, 4.69) is 16.0 Å². The maximum atomic E-state index is 13.3. The summed E-state index contributed by atoms with van der Waals surface area (Å²) in [4.78, 5) is 37.3. The number of likely N-dealkylation sites (tertiary alicyclic amines) is 1. The molecule has 7 heteroatoms. The molecule has 2 amide bonds. The Kier molecular flexibility index (Phi) is 4.10. The van der Waals surface area contributed by atoms with Crippen LogP contribution in [0.3, 0.4) is 0 Å². The fraction of sp³-hybridized carbons (Fsp3) is 0.409. The number of fused-ring (bicyclic) bond motifs is 1. The first-order chi connectivity index (χ1) is 14.0. The second-order valence-electron chi connectivity index (χ2n) is 8.31.